The SMILES string of the molecule is Cc1ccc(S(=O)(=O)Nc2ccc(F)cc2C(=O)O)c(Cl)c1. The van der Waals surface area contributed by atoms with E-state index in [9.17, 15) is 17.6 Å². The number of nitrogens with one attached hydrogen (secondary N) is 1. The Kier molecular flexibility index (Phi) is 4.39. The van der Waals surface area contributed by atoms with Crippen LogP contribution in [0.3, 0.4) is 0 Å². The van der Waals surface area contributed by atoms with Gasteiger partial charge in [-0.2, -0.15) is 0 Å². The summed E-state index contributed by atoms with van der Waals surface area (Å²) in [4.78, 5) is 10.9. The first kappa shape index (κ1) is 16.3. The fourth-order valence-corrected chi connectivity index (χ4v) is 3.49. The molecule has 2 rings (SSSR count). The van der Waals surface area contributed by atoms with Crippen molar-refractivity contribution in [3.8, 4) is 0 Å². The first-order chi connectivity index (χ1) is 10.2. The van der Waals surface area contributed by atoms with Gasteiger partial charge in [0.1, 0.15) is 10.7 Å². The van der Waals surface area contributed by atoms with Gasteiger partial charge in [-0.05, 0) is 42.8 Å². The van der Waals surface area contributed by atoms with Gasteiger partial charge >= 0.3 is 5.97 Å². The fraction of sp³-hybridized carbons (Fsp3) is 0.0714. The molecule has 0 radical (unpaired) electrons. The van der Waals surface area contributed by atoms with Gasteiger partial charge in [0.15, 0.2) is 0 Å². The van der Waals surface area contributed by atoms with Gasteiger partial charge in [-0.3, -0.25) is 4.72 Å². The molecule has 2 aromatic carbocycles. The van der Waals surface area contributed by atoms with Crippen LogP contribution in [0.5, 0.6) is 0 Å². The number of rotatable bonds is 4. The summed E-state index contributed by atoms with van der Waals surface area (Å²) in [6, 6.07) is 7.07. The van der Waals surface area contributed by atoms with E-state index in [4.69, 9.17) is 16.7 Å². The second kappa shape index (κ2) is 5.94. The van der Waals surface area contributed by atoms with Crippen molar-refractivity contribution in [3.05, 3.63) is 58.4 Å². The Bertz CT molecular complexity index is 852. The number of benzene rings is 2. The van der Waals surface area contributed by atoms with Gasteiger partial charge in [0.2, 0.25) is 0 Å². The zero-order valence-electron chi connectivity index (χ0n) is 11.3. The average molecular weight is 344 g/mol. The maximum atomic E-state index is 13.1. The van der Waals surface area contributed by atoms with Gasteiger partial charge in [-0.15, -0.1) is 0 Å². The number of halogens is 2. The predicted octanol–water partition coefficient (Wildman–Crippen LogP) is 3.29. The summed E-state index contributed by atoms with van der Waals surface area (Å²) < 4.78 is 39.8. The summed E-state index contributed by atoms with van der Waals surface area (Å²) in [6.45, 7) is 1.75. The molecule has 8 heteroatoms. The highest BCUT2D eigenvalue weighted by Gasteiger charge is 2.21. The lowest BCUT2D eigenvalue weighted by Crippen LogP contribution is -2.16. The topological polar surface area (TPSA) is 83.5 Å². The quantitative estimate of drug-likeness (QED) is 0.892. The van der Waals surface area contributed by atoms with Crippen LogP contribution < -0.4 is 4.72 Å². The summed E-state index contributed by atoms with van der Waals surface area (Å²) in [5.41, 5.74) is 0.0364. The number of sulfonamides is 1. The lowest BCUT2D eigenvalue weighted by atomic mass is 10.2. The highest BCUT2D eigenvalue weighted by atomic mass is 35.5. The average Bonchev–Trinajstić information content (AvgIpc) is 2.39. The molecule has 0 saturated heterocycles. The minimum absolute atomic E-state index is 0.00601. The molecule has 0 heterocycles. The van der Waals surface area contributed by atoms with Gasteiger partial charge in [0.05, 0.1) is 16.3 Å². The highest BCUT2D eigenvalue weighted by molar-refractivity contribution is 7.92. The molecule has 2 N–H and O–H groups in total. The Morgan fingerprint density at radius 3 is 2.50 bits per heavy atom. The van der Waals surface area contributed by atoms with Gasteiger partial charge in [-0.25, -0.2) is 17.6 Å². The number of aryl methyl sites for hydroxylation is 1. The van der Waals surface area contributed by atoms with Crippen LogP contribution >= 0.6 is 11.6 Å². The first-order valence-electron chi connectivity index (χ1n) is 6.02. The van der Waals surface area contributed by atoms with E-state index < -0.39 is 27.4 Å². The number of carboxylic acids is 1. The summed E-state index contributed by atoms with van der Waals surface area (Å²) in [5.74, 6) is -2.24. The Labute approximate surface area is 131 Å². The molecule has 0 saturated carbocycles. The van der Waals surface area contributed by atoms with Gasteiger partial charge in [0, 0.05) is 0 Å². The molecule has 22 heavy (non-hydrogen) atoms. The second-order valence-electron chi connectivity index (χ2n) is 4.53. The van der Waals surface area contributed by atoms with E-state index in [0.717, 1.165) is 23.8 Å². The molecule has 0 aromatic heterocycles. The van der Waals surface area contributed by atoms with Crippen molar-refractivity contribution < 1.29 is 22.7 Å². The molecule has 2 aromatic rings. The first-order valence-corrected chi connectivity index (χ1v) is 7.88. The second-order valence-corrected chi connectivity index (χ2v) is 6.59. The van der Waals surface area contributed by atoms with Crippen LogP contribution in [0.25, 0.3) is 0 Å². The standard InChI is InChI=1S/C14H11ClFNO4S/c1-8-2-5-13(11(15)6-8)22(20,21)17-12-4-3-9(16)7-10(12)14(18)19/h2-7,17H,1H3,(H,18,19). The van der Waals surface area contributed by atoms with Crippen molar-refractivity contribution in [1.29, 1.82) is 0 Å². The van der Waals surface area contributed by atoms with Crippen LogP contribution in [0.15, 0.2) is 41.3 Å². The van der Waals surface area contributed by atoms with Crippen molar-refractivity contribution in [2.45, 2.75) is 11.8 Å². The van der Waals surface area contributed by atoms with Crippen LogP contribution in [0.4, 0.5) is 10.1 Å². The van der Waals surface area contributed by atoms with Gasteiger partial charge < -0.3 is 5.11 Å². The zero-order chi connectivity index (χ0) is 16.5. The molecule has 0 amide bonds. The summed E-state index contributed by atoms with van der Waals surface area (Å²) in [7, 11) is -4.10. The van der Waals surface area contributed by atoms with Crippen molar-refractivity contribution in [3.63, 3.8) is 0 Å². The van der Waals surface area contributed by atoms with E-state index in [1.807, 2.05) is 0 Å². The van der Waals surface area contributed by atoms with E-state index in [1.165, 1.54) is 12.1 Å². The Balaban J connectivity index is 2.47. The largest absolute Gasteiger partial charge is 0.478 e. The smallest absolute Gasteiger partial charge is 0.337 e. The molecule has 0 aliphatic carbocycles. The number of carboxylic acid groups (broad SMARTS) is 1. The maximum absolute atomic E-state index is 13.1. The van der Waals surface area contributed by atoms with E-state index in [-0.39, 0.29) is 15.6 Å². The molecule has 0 spiro atoms. The summed E-state index contributed by atoms with van der Waals surface area (Å²) in [5, 5.41) is 9.03. The monoisotopic (exact) mass is 343 g/mol. The third kappa shape index (κ3) is 3.37. The van der Waals surface area contributed by atoms with Crippen molar-refractivity contribution in [2.75, 3.05) is 4.72 Å². The van der Waals surface area contributed by atoms with Crippen molar-refractivity contribution in [1.82, 2.24) is 0 Å². The van der Waals surface area contributed by atoms with Crippen LogP contribution in [0.1, 0.15) is 15.9 Å². The van der Waals surface area contributed by atoms with Crippen LogP contribution in [0.2, 0.25) is 5.02 Å². The molecule has 0 aliphatic rings. The van der Waals surface area contributed by atoms with Crippen molar-refractivity contribution in [2.24, 2.45) is 0 Å². The third-order valence-corrected chi connectivity index (χ3v) is 4.68. The minimum atomic E-state index is -4.10. The number of carbonyl (C=O) groups is 1. The van der Waals surface area contributed by atoms with Crippen LogP contribution in [-0.4, -0.2) is 19.5 Å². The molecule has 0 atom stereocenters. The maximum Gasteiger partial charge on any atom is 0.337 e. The number of hydrogen-bond acceptors (Lipinski definition) is 3. The minimum Gasteiger partial charge on any atom is -0.478 e. The van der Waals surface area contributed by atoms with Crippen molar-refractivity contribution >= 4 is 33.3 Å². The summed E-state index contributed by atoms with van der Waals surface area (Å²) in [6.07, 6.45) is 0. The molecular weight excluding hydrogens is 333 g/mol. The number of hydrogen-bond donors (Lipinski definition) is 2. The normalized spacial score (nSPS) is 11.2. The van der Waals surface area contributed by atoms with Crippen LogP contribution in [-0.2, 0) is 10.0 Å². The third-order valence-electron chi connectivity index (χ3n) is 2.83. The lowest BCUT2D eigenvalue weighted by molar-refractivity contribution is 0.0697. The predicted molar refractivity (Wildman–Crippen MR) is 80.4 cm³/mol. The highest BCUT2D eigenvalue weighted by Crippen LogP contribution is 2.26. The molecule has 0 unspecified atom stereocenters. The molecule has 5 nitrogen and oxygen atoms in total. The van der Waals surface area contributed by atoms with Crippen LogP contribution in [0, 0.1) is 12.7 Å². The Hall–Kier alpha value is -2.12. The Morgan fingerprint density at radius 2 is 1.91 bits per heavy atom. The number of anilines is 1. The molecule has 116 valence electrons. The van der Waals surface area contributed by atoms with Gasteiger partial charge in [0.25, 0.3) is 10.0 Å². The molecule has 0 bridgehead atoms. The zero-order valence-corrected chi connectivity index (χ0v) is 12.9. The van der Waals surface area contributed by atoms with Gasteiger partial charge in [-0.1, -0.05) is 17.7 Å². The van der Waals surface area contributed by atoms with E-state index in [2.05, 4.69) is 4.72 Å². The molecular formula is C14H11ClFNO4S. The summed E-state index contributed by atoms with van der Waals surface area (Å²) >= 11 is 5.91. The number of aromatic carboxylic acids is 1. The molecule has 0 fully saturated rings. The molecule has 0 aliphatic heterocycles. The fourth-order valence-electron chi connectivity index (χ4n) is 1.81. The van der Waals surface area contributed by atoms with E-state index in [1.54, 1.807) is 13.0 Å². The van der Waals surface area contributed by atoms with E-state index in [0.29, 0.717) is 0 Å². The lowest BCUT2D eigenvalue weighted by Gasteiger charge is -2.12. The Morgan fingerprint density at radius 1 is 1.23 bits per heavy atom. The van der Waals surface area contributed by atoms with E-state index >= 15 is 0 Å².